The molecule has 0 unspecified atom stereocenters. The summed E-state index contributed by atoms with van der Waals surface area (Å²) in [4.78, 5) is 11.8. The first-order valence-electron chi connectivity index (χ1n) is 5.57. The molecule has 0 aliphatic heterocycles. The van der Waals surface area contributed by atoms with Crippen molar-refractivity contribution in [3.8, 4) is 0 Å². The molecule has 0 saturated heterocycles. The van der Waals surface area contributed by atoms with E-state index in [9.17, 15) is 4.79 Å². The van der Waals surface area contributed by atoms with Gasteiger partial charge in [-0.15, -0.1) is 11.8 Å². The fraction of sp³-hybridized carbons (Fsp3) is 0.462. The lowest BCUT2D eigenvalue weighted by atomic mass is 10.1. The number of carboxylic acid groups (broad SMARTS) is 1. The first kappa shape index (κ1) is 13.1. The van der Waals surface area contributed by atoms with Crippen LogP contribution in [0, 0.1) is 6.92 Å². The van der Waals surface area contributed by atoms with Crippen molar-refractivity contribution in [2.75, 3.05) is 5.75 Å². The van der Waals surface area contributed by atoms with Crippen molar-refractivity contribution < 1.29 is 9.90 Å². The Balaban J connectivity index is 2.76. The van der Waals surface area contributed by atoms with Gasteiger partial charge in [0.2, 0.25) is 0 Å². The highest BCUT2D eigenvalue weighted by Gasteiger charge is 2.05. The summed E-state index contributed by atoms with van der Waals surface area (Å²) in [5, 5.41) is 8.70. The molecule has 16 heavy (non-hydrogen) atoms. The van der Waals surface area contributed by atoms with Gasteiger partial charge in [0.25, 0.3) is 0 Å². The van der Waals surface area contributed by atoms with E-state index in [-0.39, 0.29) is 6.42 Å². The molecule has 0 bridgehead atoms. The first-order valence-corrected chi connectivity index (χ1v) is 6.56. The molecule has 0 saturated carbocycles. The molecule has 0 aromatic heterocycles. The maximum atomic E-state index is 10.6. The monoisotopic (exact) mass is 238 g/mol. The Morgan fingerprint density at radius 1 is 1.44 bits per heavy atom. The highest BCUT2D eigenvalue weighted by molar-refractivity contribution is 7.99. The second-order valence-corrected chi connectivity index (χ2v) is 4.99. The molecule has 0 spiro atoms. The van der Waals surface area contributed by atoms with Gasteiger partial charge in [0.15, 0.2) is 0 Å². The molecule has 0 heterocycles. The van der Waals surface area contributed by atoms with Crippen LogP contribution in [0.2, 0.25) is 0 Å². The molecule has 0 fully saturated rings. The highest BCUT2D eigenvalue weighted by atomic mass is 32.2. The molecule has 1 aromatic carbocycles. The molecular formula is C13H18O2S. The van der Waals surface area contributed by atoms with Crippen LogP contribution in [0.15, 0.2) is 23.1 Å². The first-order chi connectivity index (χ1) is 7.63. The summed E-state index contributed by atoms with van der Waals surface area (Å²) in [7, 11) is 0. The van der Waals surface area contributed by atoms with Crippen LogP contribution < -0.4 is 0 Å². The van der Waals surface area contributed by atoms with E-state index in [1.54, 1.807) is 0 Å². The summed E-state index contributed by atoms with van der Waals surface area (Å²) in [6.07, 6.45) is 1.98. The van der Waals surface area contributed by atoms with Crippen molar-refractivity contribution in [1.29, 1.82) is 0 Å². The predicted molar refractivity (Wildman–Crippen MR) is 68.2 cm³/mol. The van der Waals surface area contributed by atoms with E-state index in [4.69, 9.17) is 5.11 Å². The molecule has 1 aromatic rings. The number of carbonyl (C=O) groups is 1. The lowest BCUT2D eigenvalue weighted by molar-refractivity contribution is -0.136. The lowest BCUT2D eigenvalue weighted by Crippen LogP contribution is -1.99. The van der Waals surface area contributed by atoms with Crippen LogP contribution in [-0.2, 0) is 11.2 Å². The number of carboxylic acids is 1. The standard InChI is InChI=1S/C13H18O2S/c1-3-8-16-12-6-4-10(2)9-11(12)5-7-13(14)15/h4,6,9H,3,5,7-8H2,1-2H3,(H,14,15). The van der Waals surface area contributed by atoms with E-state index in [0.29, 0.717) is 6.42 Å². The summed E-state index contributed by atoms with van der Waals surface area (Å²) < 4.78 is 0. The van der Waals surface area contributed by atoms with E-state index in [1.807, 2.05) is 18.7 Å². The number of aliphatic carboxylic acids is 1. The van der Waals surface area contributed by atoms with Crippen LogP contribution in [0.1, 0.15) is 30.9 Å². The predicted octanol–water partition coefficient (Wildman–Crippen LogP) is 3.51. The Kier molecular flexibility index (Phi) is 5.39. The molecular weight excluding hydrogens is 220 g/mol. The summed E-state index contributed by atoms with van der Waals surface area (Å²) in [6.45, 7) is 4.19. The smallest absolute Gasteiger partial charge is 0.303 e. The minimum atomic E-state index is -0.729. The van der Waals surface area contributed by atoms with Gasteiger partial charge in [0, 0.05) is 11.3 Å². The quantitative estimate of drug-likeness (QED) is 0.770. The van der Waals surface area contributed by atoms with Crippen LogP contribution in [-0.4, -0.2) is 16.8 Å². The Morgan fingerprint density at radius 3 is 2.81 bits per heavy atom. The highest BCUT2D eigenvalue weighted by Crippen LogP contribution is 2.25. The average molecular weight is 238 g/mol. The van der Waals surface area contributed by atoms with Crippen LogP contribution >= 0.6 is 11.8 Å². The van der Waals surface area contributed by atoms with Crippen molar-refractivity contribution in [2.24, 2.45) is 0 Å². The number of aryl methyl sites for hydroxylation is 2. The van der Waals surface area contributed by atoms with E-state index in [0.717, 1.165) is 12.2 Å². The second kappa shape index (κ2) is 6.59. The fourth-order valence-corrected chi connectivity index (χ4v) is 2.43. The van der Waals surface area contributed by atoms with Crippen molar-refractivity contribution in [1.82, 2.24) is 0 Å². The summed E-state index contributed by atoms with van der Waals surface area (Å²) in [5.41, 5.74) is 2.36. The summed E-state index contributed by atoms with van der Waals surface area (Å²) >= 11 is 1.81. The van der Waals surface area contributed by atoms with Gasteiger partial charge in [-0.2, -0.15) is 0 Å². The van der Waals surface area contributed by atoms with E-state index in [2.05, 4.69) is 25.1 Å². The normalized spacial score (nSPS) is 10.4. The van der Waals surface area contributed by atoms with E-state index < -0.39 is 5.97 Å². The third-order valence-corrected chi connectivity index (χ3v) is 3.61. The van der Waals surface area contributed by atoms with E-state index in [1.165, 1.54) is 16.0 Å². The Morgan fingerprint density at radius 2 is 2.19 bits per heavy atom. The third kappa shape index (κ3) is 4.27. The SMILES string of the molecule is CCCSc1ccc(C)cc1CCC(=O)O. The van der Waals surface area contributed by atoms with Gasteiger partial charge >= 0.3 is 5.97 Å². The third-order valence-electron chi connectivity index (χ3n) is 2.29. The number of benzene rings is 1. The second-order valence-electron chi connectivity index (χ2n) is 3.85. The van der Waals surface area contributed by atoms with E-state index >= 15 is 0 Å². The largest absolute Gasteiger partial charge is 0.481 e. The summed E-state index contributed by atoms with van der Waals surface area (Å²) in [5.74, 6) is 0.358. The molecule has 2 nitrogen and oxygen atoms in total. The van der Waals surface area contributed by atoms with Crippen molar-refractivity contribution in [3.05, 3.63) is 29.3 Å². The van der Waals surface area contributed by atoms with Crippen molar-refractivity contribution in [3.63, 3.8) is 0 Å². The number of thioether (sulfide) groups is 1. The van der Waals surface area contributed by atoms with Gasteiger partial charge in [-0.05, 0) is 37.1 Å². The van der Waals surface area contributed by atoms with Crippen LogP contribution in [0.4, 0.5) is 0 Å². The molecule has 1 rings (SSSR count). The molecule has 88 valence electrons. The maximum Gasteiger partial charge on any atom is 0.303 e. The molecule has 0 aliphatic rings. The topological polar surface area (TPSA) is 37.3 Å². The van der Waals surface area contributed by atoms with Gasteiger partial charge in [-0.25, -0.2) is 0 Å². The zero-order valence-electron chi connectivity index (χ0n) is 9.82. The van der Waals surface area contributed by atoms with Crippen LogP contribution in [0.25, 0.3) is 0 Å². The van der Waals surface area contributed by atoms with Crippen molar-refractivity contribution in [2.45, 2.75) is 38.0 Å². The Hall–Kier alpha value is -0.960. The molecule has 0 atom stereocenters. The minimum Gasteiger partial charge on any atom is -0.481 e. The molecule has 1 N–H and O–H groups in total. The Bertz CT molecular complexity index is 361. The Labute approximate surface area is 101 Å². The zero-order valence-corrected chi connectivity index (χ0v) is 10.6. The fourth-order valence-electron chi connectivity index (χ4n) is 1.50. The average Bonchev–Trinajstić information content (AvgIpc) is 2.25. The number of rotatable bonds is 6. The lowest BCUT2D eigenvalue weighted by Gasteiger charge is -2.08. The molecule has 0 radical (unpaired) electrons. The van der Waals surface area contributed by atoms with Gasteiger partial charge in [-0.3, -0.25) is 4.79 Å². The number of hydrogen-bond donors (Lipinski definition) is 1. The van der Waals surface area contributed by atoms with Crippen molar-refractivity contribution >= 4 is 17.7 Å². The van der Waals surface area contributed by atoms with Gasteiger partial charge < -0.3 is 5.11 Å². The molecule has 3 heteroatoms. The van der Waals surface area contributed by atoms with Gasteiger partial charge in [0.05, 0.1) is 0 Å². The van der Waals surface area contributed by atoms with Gasteiger partial charge in [0.1, 0.15) is 0 Å². The molecule has 0 aliphatic carbocycles. The zero-order chi connectivity index (χ0) is 12.0. The summed E-state index contributed by atoms with van der Waals surface area (Å²) in [6, 6.07) is 6.29. The minimum absolute atomic E-state index is 0.211. The van der Waals surface area contributed by atoms with Crippen LogP contribution in [0.5, 0.6) is 0 Å². The maximum absolute atomic E-state index is 10.6. The van der Waals surface area contributed by atoms with Gasteiger partial charge in [-0.1, -0.05) is 24.6 Å². The van der Waals surface area contributed by atoms with Crippen LogP contribution in [0.3, 0.4) is 0 Å². The molecule has 0 amide bonds. The number of hydrogen-bond acceptors (Lipinski definition) is 2.